The summed E-state index contributed by atoms with van der Waals surface area (Å²) in [6.45, 7) is 2.62. The van der Waals surface area contributed by atoms with E-state index in [-0.39, 0.29) is 17.7 Å². The Hall–Kier alpha value is -3.10. The van der Waals surface area contributed by atoms with E-state index in [1.165, 1.54) is 17.3 Å². The molecule has 176 valence electrons. The Morgan fingerprint density at radius 1 is 1.21 bits per heavy atom. The lowest BCUT2D eigenvalue weighted by Crippen LogP contribution is -2.35. The summed E-state index contributed by atoms with van der Waals surface area (Å²) in [7, 11) is 1.65. The second-order valence-corrected chi connectivity index (χ2v) is 9.48. The molecule has 2 N–H and O–H groups in total. The highest BCUT2D eigenvalue weighted by Gasteiger charge is 2.28. The highest BCUT2D eigenvalue weighted by atomic mass is 32.2. The van der Waals surface area contributed by atoms with E-state index in [0.717, 1.165) is 60.7 Å². The van der Waals surface area contributed by atoms with Gasteiger partial charge >= 0.3 is 0 Å². The van der Waals surface area contributed by atoms with E-state index in [1.54, 1.807) is 19.5 Å². The predicted octanol–water partition coefficient (Wildman–Crippen LogP) is 3.65. The fourth-order valence-corrected chi connectivity index (χ4v) is 5.10. The van der Waals surface area contributed by atoms with Crippen LogP contribution in [0.3, 0.4) is 0 Å². The van der Waals surface area contributed by atoms with Gasteiger partial charge in [-0.2, -0.15) is 0 Å². The van der Waals surface area contributed by atoms with Crippen molar-refractivity contribution in [3.63, 3.8) is 0 Å². The van der Waals surface area contributed by atoms with Crippen LogP contribution in [0.15, 0.2) is 60.0 Å². The molecule has 3 aromatic rings. The quantitative estimate of drug-likeness (QED) is 0.379. The number of nitrogens with one attached hydrogen (secondary N) is 2. The number of hydrogen-bond acceptors (Lipinski definition) is 7. The first-order valence-corrected chi connectivity index (χ1v) is 12.5. The van der Waals surface area contributed by atoms with Gasteiger partial charge in [0, 0.05) is 30.9 Å². The number of nitrogens with zero attached hydrogens (tertiary/aromatic N) is 2. The molecule has 2 atom stereocenters. The summed E-state index contributed by atoms with van der Waals surface area (Å²) in [5, 5.41) is 7.28. The van der Waals surface area contributed by atoms with E-state index in [1.807, 2.05) is 30.3 Å². The van der Waals surface area contributed by atoms with Crippen LogP contribution >= 0.6 is 11.8 Å². The number of carbonyl (C=O) groups excluding carboxylic acids is 1. The summed E-state index contributed by atoms with van der Waals surface area (Å²) in [6, 6.07) is 14.1. The lowest BCUT2D eigenvalue weighted by molar-refractivity contribution is -0.119. The lowest BCUT2D eigenvalue weighted by Gasteiger charge is -2.25. The van der Waals surface area contributed by atoms with Gasteiger partial charge in [0.2, 0.25) is 5.91 Å². The van der Waals surface area contributed by atoms with Crippen molar-refractivity contribution in [2.24, 2.45) is 5.92 Å². The van der Waals surface area contributed by atoms with E-state index in [4.69, 9.17) is 9.47 Å². The van der Waals surface area contributed by atoms with Gasteiger partial charge in [0.05, 0.1) is 25.5 Å². The zero-order valence-electron chi connectivity index (χ0n) is 19.1. The number of carbonyl (C=O) groups is 1. The van der Waals surface area contributed by atoms with Gasteiger partial charge in [0.25, 0.3) is 0 Å². The van der Waals surface area contributed by atoms with Crippen molar-refractivity contribution in [1.29, 1.82) is 0 Å². The van der Waals surface area contributed by atoms with Crippen LogP contribution in [0.4, 0.5) is 0 Å². The number of hydrogen-bond donors (Lipinski definition) is 2. The third kappa shape index (κ3) is 5.18. The minimum atomic E-state index is -0.0210. The largest absolute Gasteiger partial charge is 0.497 e. The first-order valence-electron chi connectivity index (χ1n) is 11.5. The topological polar surface area (TPSA) is 85.4 Å². The number of aromatic nitrogens is 2. The molecule has 1 fully saturated rings. The van der Waals surface area contributed by atoms with Gasteiger partial charge in [-0.05, 0) is 59.8 Å². The molecule has 34 heavy (non-hydrogen) atoms. The van der Waals surface area contributed by atoms with Gasteiger partial charge in [0.15, 0.2) is 5.16 Å². The van der Waals surface area contributed by atoms with Crippen LogP contribution in [-0.4, -0.2) is 48.4 Å². The second kappa shape index (κ2) is 10.4. The first kappa shape index (κ1) is 22.7. The van der Waals surface area contributed by atoms with Crippen LogP contribution < -0.4 is 20.1 Å². The lowest BCUT2D eigenvalue weighted by atomic mass is 9.91. The number of methoxy groups -OCH3 is 1. The Balaban J connectivity index is 1.21. The molecule has 2 aliphatic rings. The van der Waals surface area contributed by atoms with Gasteiger partial charge in [-0.3, -0.25) is 4.79 Å². The molecule has 3 heterocycles. The third-order valence-electron chi connectivity index (χ3n) is 6.34. The summed E-state index contributed by atoms with van der Waals surface area (Å²) in [5.74, 6) is 2.40. The fraction of sp³-hybridized carbons (Fsp3) is 0.346. The molecule has 1 saturated heterocycles. The highest BCUT2D eigenvalue weighted by Crippen LogP contribution is 2.33. The normalized spacial score (nSPS) is 17.6. The Morgan fingerprint density at radius 2 is 2.03 bits per heavy atom. The van der Waals surface area contributed by atoms with Crippen molar-refractivity contribution < 1.29 is 14.3 Å². The van der Waals surface area contributed by atoms with E-state index in [9.17, 15) is 4.79 Å². The molecule has 2 aromatic carbocycles. The zero-order chi connectivity index (χ0) is 23.3. The third-order valence-corrected chi connectivity index (χ3v) is 7.22. The van der Waals surface area contributed by atoms with E-state index >= 15 is 0 Å². The van der Waals surface area contributed by atoms with E-state index in [2.05, 4.69) is 32.7 Å². The minimum absolute atomic E-state index is 0.0125. The van der Waals surface area contributed by atoms with Crippen molar-refractivity contribution in [3.8, 4) is 22.6 Å². The van der Waals surface area contributed by atoms with Crippen LogP contribution in [0.2, 0.25) is 0 Å². The SMILES string of the molecule is COc1ccc(-c2cnc(SCC(=O)NC(c3ccc4c(c3)CCO4)C3CCNC3)nc2)cc1. The maximum absolute atomic E-state index is 12.9. The van der Waals surface area contributed by atoms with Crippen molar-refractivity contribution >= 4 is 17.7 Å². The summed E-state index contributed by atoms with van der Waals surface area (Å²) >= 11 is 1.35. The first-order chi connectivity index (χ1) is 16.7. The molecule has 0 saturated carbocycles. The standard InChI is InChI=1S/C26H28N4O3S/c1-32-22-5-2-17(3-6-22)21-14-28-26(29-15-21)34-16-24(31)30-25(20-8-10-27-13-20)19-4-7-23-18(12-19)9-11-33-23/h2-7,12,14-15,20,25,27H,8-11,13,16H2,1H3,(H,30,31). The molecule has 0 radical (unpaired) electrons. The molecule has 0 aliphatic carbocycles. The number of amides is 1. The van der Waals surface area contributed by atoms with Gasteiger partial charge in [-0.25, -0.2) is 9.97 Å². The van der Waals surface area contributed by atoms with Crippen molar-refractivity contribution in [3.05, 3.63) is 66.0 Å². The molecule has 0 bridgehead atoms. The molecule has 2 unspecified atom stereocenters. The fourth-order valence-electron chi connectivity index (χ4n) is 4.50. The summed E-state index contributed by atoms with van der Waals surface area (Å²) in [6.07, 6.45) is 5.54. The van der Waals surface area contributed by atoms with Crippen molar-refractivity contribution in [2.75, 3.05) is 32.6 Å². The Kier molecular flexibility index (Phi) is 6.97. The van der Waals surface area contributed by atoms with Crippen LogP contribution in [0, 0.1) is 5.92 Å². The van der Waals surface area contributed by atoms with Gasteiger partial charge in [0.1, 0.15) is 11.5 Å². The maximum atomic E-state index is 12.9. The predicted molar refractivity (Wildman–Crippen MR) is 132 cm³/mol. The van der Waals surface area contributed by atoms with Crippen LogP contribution in [0.1, 0.15) is 23.6 Å². The molecule has 0 spiro atoms. The number of thioether (sulfide) groups is 1. The minimum Gasteiger partial charge on any atom is -0.497 e. The summed E-state index contributed by atoms with van der Waals surface area (Å²) < 4.78 is 10.9. The molecule has 5 rings (SSSR count). The number of benzene rings is 2. The number of fused-ring (bicyclic) bond motifs is 1. The van der Waals surface area contributed by atoms with Gasteiger partial charge in [-0.15, -0.1) is 0 Å². The van der Waals surface area contributed by atoms with E-state index in [0.29, 0.717) is 11.1 Å². The van der Waals surface area contributed by atoms with Crippen LogP contribution in [-0.2, 0) is 11.2 Å². The molecule has 7 nitrogen and oxygen atoms in total. The Bertz CT molecular complexity index is 1130. The Labute approximate surface area is 203 Å². The zero-order valence-corrected chi connectivity index (χ0v) is 19.9. The van der Waals surface area contributed by atoms with Crippen molar-refractivity contribution in [1.82, 2.24) is 20.6 Å². The van der Waals surface area contributed by atoms with Gasteiger partial charge < -0.3 is 20.1 Å². The smallest absolute Gasteiger partial charge is 0.230 e. The van der Waals surface area contributed by atoms with Gasteiger partial charge in [-0.1, -0.05) is 30.0 Å². The average molecular weight is 477 g/mol. The second-order valence-electron chi connectivity index (χ2n) is 8.54. The Morgan fingerprint density at radius 3 is 2.76 bits per heavy atom. The average Bonchev–Trinajstić information content (AvgIpc) is 3.58. The molecule has 1 amide bonds. The number of rotatable bonds is 8. The maximum Gasteiger partial charge on any atom is 0.230 e. The molecular weight excluding hydrogens is 448 g/mol. The van der Waals surface area contributed by atoms with E-state index < -0.39 is 0 Å². The van der Waals surface area contributed by atoms with Crippen molar-refractivity contribution in [2.45, 2.75) is 24.0 Å². The molecule has 1 aromatic heterocycles. The summed E-state index contributed by atoms with van der Waals surface area (Å²) in [4.78, 5) is 21.8. The van der Waals surface area contributed by atoms with Crippen LogP contribution in [0.25, 0.3) is 11.1 Å². The number of ether oxygens (including phenoxy) is 2. The highest BCUT2D eigenvalue weighted by molar-refractivity contribution is 7.99. The molecule has 2 aliphatic heterocycles. The van der Waals surface area contributed by atoms with Crippen LogP contribution in [0.5, 0.6) is 11.5 Å². The molecular formula is C26H28N4O3S. The molecule has 8 heteroatoms. The monoisotopic (exact) mass is 476 g/mol. The summed E-state index contributed by atoms with van der Waals surface area (Å²) in [5.41, 5.74) is 4.31.